The van der Waals surface area contributed by atoms with Gasteiger partial charge in [-0.1, -0.05) is 0 Å². The summed E-state index contributed by atoms with van der Waals surface area (Å²) in [5.41, 5.74) is 3.03. The number of hydrogen-bond donors (Lipinski definition) is 1. The molecule has 4 rings (SSSR count). The predicted molar refractivity (Wildman–Crippen MR) is 96.7 cm³/mol. The van der Waals surface area contributed by atoms with Crippen molar-refractivity contribution in [2.75, 3.05) is 23.9 Å². The van der Waals surface area contributed by atoms with E-state index in [1.165, 1.54) is 17.4 Å². The van der Waals surface area contributed by atoms with Gasteiger partial charge < -0.3 is 15.0 Å². The predicted octanol–water partition coefficient (Wildman–Crippen LogP) is 2.03. The van der Waals surface area contributed by atoms with E-state index in [4.69, 9.17) is 4.74 Å². The Morgan fingerprint density at radius 3 is 3.00 bits per heavy atom. The summed E-state index contributed by atoms with van der Waals surface area (Å²) < 4.78 is 7.02. The van der Waals surface area contributed by atoms with Gasteiger partial charge in [-0.2, -0.15) is 0 Å². The third kappa shape index (κ3) is 2.74. The third-order valence-electron chi connectivity index (χ3n) is 4.15. The SMILES string of the molecule is Cc1csc2nc(CNc3ccc4c(c3)N(C)C(=O)CO4)cc(=O)n12. The van der Waals surface area contributed by atoms with Crippen molar-refractivity contribution in [3.8, 4) is 5.75 Å². The molecule has 1 aliphatic heterocycles. The number of aryl methyl sites for hydroxylation is 1. The number of amides is 1. The Hall–Kier alpha value is -2.87. The second-order valence-electron chi connectivity index (χ2n) is 5.86. The number of likely N-dealkylation sites (N-methyl/N-ethyl adjacent to an activating group) is 1. The highest BCUT2D eigenvalue weighted by Gasteiger charge is 2.22. The van der Waals surface area contributed by atoms with Crippen LogP contribution in [0.4, 0.5) is 11.4 Å². The van der Waals surface area contributed by atoms with Gasteiger partial charge in [0.25, 0.3) is 11.5 Å². The fourth-order valence-corrected chi connectivity index (χ4v) is 3.66. The van der Waals surface area contributed by atoms with Crippen molar-refractivity contribution < 1.29 is 9.53 Å². The van der Waals surface area contributed by atoms with E-state index in [2.05, 4.69) is 10.3 Å². The second-order valence-corrected chi connectivity index (χ2v) is 6.69. The van der Waals surface area contributed by atoms with Gasteiger partial charge in [0.1, 0.15) is 5.75 Å². The summed E-state index contributed by atoms with van der Waals surface area (Å²) in [5, 5.41) is 5.16. The smallest absolute Gasteiger partial charge is 0.264 e. The van der Waals surface area contributed by atoms with E-state index in [1.54, 1.807) is 16.3 Å². The van der Waals surface area contributed by atoms with E-state index in [0.29, 0.717) is 22.9 Å². The number of aromatic nitrogens is 2. The number of carbonyl (C=O) groups excluding carboxylic acids is 1. The number of benzene rings is 1. The fraction of sp³-hybridized carbons (Fsp3) is 0.235. The maximum atomic E-state index is 12.2. The van der Waals surface area contributed by atoms with Crippen LogP contribution in [0.25, 0.3) is 4.96 Å². The lowest BCUT2D eigenvalue weighted by atomic mass is 10.2. The van der Waals surface area contributed by atoms with Gasteiger partial charge in [-0.25, -0.2) is 4.98 Å². The zero-order chi connectivity index (χ0) is 17.6. The van der Waals surface area contributed by atoms with E-state index in [0.717, 1.165) is 17.1 Å². The molecule has 0 radical (unpaired) electrons. The number of thiazole rings is 1. The van der Waals surface area contributed by atoms with Gasteiger partial charge in [0.05, 0.1) is 17.9 Å². The summed E-state index contributed by atoms with van der Waals surface area (Å²) in [5.74, 6) is 0.595. The van der Waals surface area contributed by atoms with Crippen LogP contribution in [0, 0.1) is 6.92 Å². The summed E-state index contributed by atoms with van der Waals surface area (Å²) in [6.07, 6.45) is 0. The molecule has 0 atom stereocenters. The molecule has 0 spiro atoms. The molecule has 7 nitrogen and oxygen atoms in total. The monoisotopic (exact) mass is 356 g/mol. The molecule has 0 fully saturated rings. The molecule has 0 bridgehead atoms. The van der Waals surface area contributed by atoms with Crippen LogP contribution in [0.1, 0.15) is 11.4 Å². The van der Waals surface area contributed by atoms with Gasteiger partial charge >= 0.3 is 0 Å². The average molecular weight is 356 g/mol. The Morgan fingerprint density at radius 1 is 1.32 bits per heavy atom. The highest BCUT2D eigenvalue weighted by molar-refractivity contribution is 7.15. The number of nitrogens with one attached hydrogen (secondary N) is 1. The van der Waals surface area contributed by atoms with Crippen LogP contribution in [-0.4, -0.2) is 28.9 Å². The van der Waals surface area contributed by atoms with E-state index in [-0.39, 0.29) is 18.1 Å². The number of hydrogen-bond acceptors (Lipinski definition) is 6. The first-order chi connectivity index (χ1) is 12.0. The van der Waals surface area contributed by atoms with Crippen LogP contribution in [0.15, 0.2) is 34.4 Å². The maximum Gasteiger partial charge on any atom is 0.264 e. The number of ether oxygens (including phenoxy) is 1. The summed E-state index contributed by atoms with van der Waals surface area (Å²) in [6, 6.07) is 7.10. The average Bonchev–Trinajstić information content (AvgIpc) is 2.98. The summed E-state index contributed by atoms with van der Waals surface area (Å²) >= 11 is 1.45. The Bertz CT molecular complexity index is 1040. The van der Waals surface area contributed by atoms with Gasteiger partial charge in [-0.05, 0) is 25.1 Å². The summed E-state index contributed by atoms with van der Waals surface area (Å²) in [6.45, 7) is 2.36. The molecule has 1 aliphatic rings. The normalized spacial score (nSPS) is 13.7. The van der Waals surface area contributed by atoms with Crippen molar-refractivity contribution in [3.63, 3.8) is 0 Å². The fourth-order valence-electron chi connectivity index (χ4n) is 2.77. The van der Waals surface area contributed by atoms with Crippen LogP contribution in [0.3, 0.4) is 0 Å². The minimum absolute atomic E-state index is 0.0599. The van der Waals surface area contributed by atoms with Crippen molar-refractivity contribution in [2.45, 2.75) is 13.5 Å². The molecule has 3 aromatic rings. The number of carbonyl (C=O) groups is 1. The molecule has 25 heavy (non-hydrogen) atoms. The van der Waals surface area contributed by atoms with E-state index >= 15 is 0 Å². The van der Waals surface area contributed by atoms with Gasteiger partial charge in [0.15, 0.2) is 11.6 Å². The molecule has 0 aliphatic carbocycles. The van der Waals surface area contributed by atoms with Crippen molar-refractivity contribution in [1.29, 1.82) is 0 Å². The minimum Gasteiger partial charge on any atom is -0.482 e. The van der Waals surface area contributed by atoms with Crippen molar-refractivity contribution >= 4 is 33.6 Å². The number of fused-ring (bicyclic) bond motifs is 2. The number of nitrogens with zero attached hydrogens (tertiary/aromatic N) is 3. The molecule has 1 amide bonds. The second kappa shape index (κ2) is 5.89. The molecular formula is C17H16N4O3S. The van der Waals surface area contributed by atoms with Gasteiger partial charge in [0, 0.05) is 29.9 Å². The standard InChI is InChI=1S/C17H16N4O3S/c1-10-9-25-17-19-12(6-15(22)21(10)17)7-18-11-3-4-14-13(5-11)20(2)16(23)8-24-14/h3-6,9,18H,7-8H2,1-2H3. The van der Waals surface area contributed by atoms with Crippen LogP contribution >= 0.6 is 11.3 Å². The molecule has 3 heterocycles. The van der Waals surface area contributed by atoms with Crippen molar-refractivity contribution in [1.82, 2.24) is 9.38 Å². The zero-order valence-corrected chi connectivity index (χ0v) is 14.6. The van der Waals surface area contributed by atoms with Crippen LogP contribution in [-0.2, 0) is 11.3 Å². The highest BCUT2D eigenvalue weighted by Crippen LogP contribution is 2.33. The van der Waals surface area contributed by atoms with Gasteiger partial charge in [-0.3, -0.25) is 14.0 Å². The quantitative estimate of drug-likeness (QED) is 0.777. The first-order valence-electron chi connectivity index (χ1n) is 7.77. The molecule has 1 N–H and O–H groups in total. The molecular weight excluding hydrogens is 340 g/mol. The topological polar surface area (TPSA) is 75.9 Å². The summed E-state index contributed by atoms with van der Waals surface area (Å²) in [4.78, 5) is 30.7. The summed E-state index contributed by atoms with van der Waals surface area (Å²) in [7, 11) is 1.73. The molecule has 128 valence electrons. The molecule has 2 aromatic heterocycles. The molecule has 1 aromatic carbocycles. The first kappa shape index (κ1) is 15.6. The van der Waals surface area contributed by atoms with Crippen LogP contribution in [0.5, 0.6) is 5.75 Å². The lowest BCUT2D eigenvalue weighted by molar-refractivity contribution is -0.120. The van der Waals surface area contributed by atoms with Gasteiger partial charge in [0.2, 0.25) is 0 Å². The number of anilines is 2. The highest BCUT2D eigenvalue weighted by atomic mass is 32.1. The van der Waals surface area contributed by atoms with Crippen molar-refractivity contribution in [3.05, 3.63) is 51.4 Å². The van der Waals surface area contributed by atoms with Crippen LogP contribution in [0.2, 0.25) is 0 Å². The third-order valence-corrected chi connectivity index (χ3v) is 5.09. The molecule has 8 heteroatoms. The largest absolute Gasteiger partial charge is 0.482 e. The van der Waals surface area contributed by atoms with Crippen LogP contribution < -0.4 is 20.5 Å². The maximum absolute atomic E-state index is 12.2. The Morgan fingerprint density at radius 2 is 2.16 bits per heavy atom. The number of rotatable bonds is 3. The van der Waals surface area contributed by atoms with E-state index < -0.39 is 0 Å². The molecule has 0 saturated heterocycles. The zero-order valence-electron chi connectivity index (χ0n) is 13.8. The van der Waals surface area contributed by atoms with Crippen molar-refractivity contribution in [2.24, 2.45) is 0 Å². The lowest BCUT2D eigenvalue weighted by Gasteiger charge is -2.26. The molecule has 0 unspecified atom stereocenters. The van der Waals surface area contributed by atoms with E-state index in [9.17, 15) is 9.59 Å². The Balaban J connectivity index is 1.58. The molecule has 0 saturated carbocycles. The Labute approximate surface area is 147 Å². The lowest BCUT2D eigenvalue weighted by Crippen LogP contribution is -2.35. The minimum atomic E-state index is -0.0853. The van der Waals surface area contributed by atoms with Gasteiger partial charge in [-0.15, -0.1) is 11.3 Å². The Kier molecular flexibility index (Phi) is 3.69. The van der Waals surface area contributed by atoms with E-state index in [1.807, 2.05) is 30.5 Å². The first-order valence-corrected chi connectivity index (χ1v) is 8.65.